The smallest absolute Gasteiger partial charge is 0.0463 e. The van der Waals surface area contributed by atoms with Crippen molar-refractivity contribution in [3.8, 4) is 0 Å². The lowest BCUT2D eigenvalue weighted by atomic mass is 9.99. The van der Waals surface area contributed by atoms with Gasteiger partial charge in [-0.1, -0.05) is 104 Å². The highest BCUT2D eigenvalue weighted by atomic mass is 15.1. The van der Waals surface area contributed by atoms with Crippen LogP contribution in [0.15, 0.2) is 170 Å². The molecule has 0 radical (unpaired) electrons. The molecule has 40 heavy (non-hydrogen) atoms. The minimum Gasteiger partial charge on any atom is -0.345 e. The van der Waals surface area contributed by atoms with E-state index in [0.717, 1.165) is 51.6 Å². The highest BCUT2D eigenvalue weighted by Gasteiger charge is 2.13. The number of rotatable bonds is 10. The van der Waals surface area contributed by atoms with Crippen LogP contribution in [0.3, 0.4) is 0 Å². The van der Waals surface area contributed by atoms with Gasteiger partial charge in [0, 0.05) is 35.5 Å². The maximum atomic E-state index is 4.32. The minimum absolute atomic E-state index is 0.839. The fourth-order valence-electron chi connectivity index (χ4n) is 4.80. The molecule has 0 fully saturated rings. The second kappa shape index (κ2) is 12.6. The van der Waals surface area contributed by atoms with Crippen LogP contribution in [-0.2, 0) is 6.42 Å². The summed E-state index contributed by atoms with van der Waals surface area (Å²) in [6.07, 6.45) is 4.88. The molecular formula is C38H34N2. The van der Waals surface area contributed by atoms with Gasteiger partial charge in [-0.15, -0.1) is 0 Å². The number of benzene rings is 5. The van der Waals surface area contributed by atoms with Crippen molar-refractivity contribution >= 4 is 34.0 Å². The number of allylic oxidation sites excluding steroid dienone is 4. The van der Waals surface area contributed by atoms with Crippen LogP contribution >= 0.6 is 0 Å². The summed E-state index contributed by atoms with van der Waals surface area (Å²) in [6.45, 7) is 8.33. The molecule has 0 atom stereocenters. The van der Waals surface area contributed by atoms with Gasteiger partial charge in [0.2, 0.25) is 0 Å². The Labute approximate surface area is 238 Å². The molecule has 0 aliphatic heterocycles. The van der Waals surface area contributed by atoms with Crippen LogP contribution in [0.2, 0.25) is 0 Å². The predicted octanol–water partition coefficient (Wildman–Crippen LogP) is 10.3. The molecule has 0 amide bonds. The van der Waals surface area contributed by atoms with Gasteiger partial charge < -0.3 is 9.80 Å². The van der Waals surface area contributed by atoms with Gasteiger partial charge in [-0.3, -0.25) is 0 Å². The summed E-state index contributed by atoms with van der Waals surface area (Å²) in [5.74, 6) is 0. The molecule has 0 unspecified atom stereocenters. The third-order valence-electron chi connectivity index (χ3n) is 7.02. The number of hydrogen-bond acceptors (Lipinski definition) is 2. The van der Waals surface area contributed by atoms with E-state index < -0.39 is 0 Å². The molecule has 0 heterocycles. The molecule has 5 rings (SSSR count). The van der Waals surface area contributed by atoms with Crippen LogP contribution in [-0.4, -0.2) is 7.05 Å². The summed E-state index contributed by atoms with van der Waals surface area (Å²) in [7, 11) is 2.10. The molecule has 0 saturated carbocycles. The molecule has 0 aromatic heterocycles. The zero-order valence-corrected chi connectivity index (χ0v) is 22.9. The molecule has 0 saturated heterocycles. The Morgan fingerprint density at radius 1 is 0.575 bits per heavy atom. The zero-order valence-electron chi connectivity index (χ0n) is 22.9. The van der Waals surface area contributed by atoms with Crippen molar-refractivity contribution < 1.29 is 0 Å². The Morgan fingerprint density at radius 2 is 1.00 bits per heavy atom. The van der Waals surface area contributed by atoms with Gasteiger partial charge in [0.15, 0.2) is 0 Å². The number of para-hydroxylation sites is 2. The molecule has 0 aliphatic rings. The van der Waals surface area contributed by atoms with Gasteiger partial charge in [0.05, 0.1) is 0 Å². The fraction of sp³-hybridized carbons (Fsp3) is 0.0526. The topological polar surface area (TPSA) is 6.48 Å². The van der Waals surface area contributed by atoms with E-state index in [-0.39, 0.29) is 0 Å². The minimum atomic E-state index is 0.839. The van der Waals surface area contributed by atoms with Gasteiger partial charge >= 0.3 is 0 Å². The monoisotopic (exact) mass is 518 g/mol. The second-order valence-electron chi connectivity index (χ2n) is 9.74. The van der Waals surface area contributed by atoms with Crippen molar-refractivity contribution in [2.75, 3.05) is 16.8 Å². The molecule has 0 bridgehead atoms. The van der Waals surface area contributed by atoms with Crippen molar-refractivity contribution in [1.82, 2.24) is 0 Å². The third kappa shape index (κ3) is 6.31. The highest BCUT2D eigenvalue weighted by molar-refractivity contribution is 5.78. The van der Waals surface area contributed by atoms with Crippen molar-refractivity contribution in [2.24, 2.45) is 0 Å². The molecule has 0 spiro atoms. The third-order valence-corrected chi connectivity index (χ3v) is 7.02. The first-order valence-electron chi connectivity index (χ1n) is 13.5. The Kier molecular flexibility index (Phi) is 8.38. The first kappa shape index (κ1) is 26.5. The molecule has 5 aromatic carbocycles. The van der Waals surface area contributed by atoms with E-state index in [1.165, 1.54) is 5.56 Å². The van der Waals surface area contributed by atoms with Crippen molar-refractivity contribution in [3.63, 3.8) is 0 Å². The van der Waals surface area contributed by atoms with E-state index in [1.807, 2.05) is 24.3 Å². The second-order valence-corrected chi connectivity index (χ2v) is 9.74. The maximum Gasteiger partial charge on any atom is 0.0463 e. The molecule has 2 nitrogen and oxygen atoms in total. The predicted molar refractivity (Wildman–Crippen MR) is 173 cm³/mol. The molecule has 5 aromatic rings. The maximum absolute atomic E-state index is 4.32. The Hall–Kier alpha value is -5.08. The lowest BCUT2D eigenvalue weighted by Gasteiger charge is -2.26. The number of anilines is 5. The van der Waals surface area contributed by atoms with Gasteiger partial charge in [-0.05, 0) is 89.4 Å². The average Bonchev–Trinajstić information content (AvgIpc) is 3.02. The largest absolute Gasteiger partial charge is 0.345 e. The summed E-state index contributed by atoms with van der Waals surface area (Å²) >= 11 is 0. The Balaban J connectivity index is 1.32. The van der Waals surface area contributed by atoms with Crippen LogP contribution in [0.5, 0.6) is 0 Å². The van der Waals surface area contributed by atoms with Crippen molar-refractivity contribution in [1.29, 1.82) is 0 Å². The number of hydrogen-bond donors (Lipinski definition) is 0. The molecule has 2 heteroatoms. The Bertz CT molecular complexity index is 1530. The average molecular weight is 519 g/mol. The van der Waals surface area contributed by atoms with E-state index in [1.54, 1.807) is 0 Å². The van der Waals surface area contributed by atoms with Gasteiger partial charge in [-0.2, -0.15) is 0 Å². The van der Waals surface area contributed by atoms with Crippen molar-refractivity contribution in [2.45, 2.75) is 6.42 Å². The standard InChI is InChI=1S/C38H34N2/c1-4-31(29-32-14-8-5-9-15-32)28-30(2)33-20-22-34(23-21-33)39(3)35-24-26-38(27-25-35)40(36-16-10-6-11-17-36)37-18-12-7-13-19-37/h4-28H,1-2,29H2,3H3/b31-28+. The van der Waals surface area contributed by atoms with Crippen molar-refractivity contribution in [3.05, 3.63) is 182 Å². The fourth-order valence-corrected chi connectivity index (χ4v) is 4.80. The van der Waals surface area contributed by atoms with E-state index in [9.17, 15) is 0 Å². The van der Waals surface area contributed by atoms with Crippen LogP contribution in [0.4, 0.5) is 28.4 Å². The molecule has 196 valence electrons. The van der Waals surface area contributed by atoms with Crippen LogP contribution in [0.25, 0.3) is 5.57 Å². The van der Waals surface area contributed by atoms with Crippen LogP contribution < -0.4 is 9.80 Å². The molecule has 0 aliphatic carbocycles. The van der Waals surface area contributed by atoms with Crippen LogP contribution in [0.1, 0.15) is 11.1 Å². The zero-order chi connectivity index (χ0) is 27.7. The molecular weight excluding hydrogens is 484 g/mol. The normalized spacial score (nSPS) is 11.1. The first-order chi connectivity index (χ1) is 19.6. The Morgan fingerprint density at radius 3 is 1.50 bits per heavy atom. The summed E-state index contributed by atoms with van der Waals surface area (Å²) in [5.41, 5.74) is 10.1. The van der Waals surface area contributed by atoms with Gasteiger partial charge in [-0.25, -0.2) is 0 Å². The van der Waals surface area contributed by atoms with Gasteiger partial charge in [0.25, 0.3) is 0 Å². The summed E-state index contributed by atoms with van der Waals surface area (Å²) in [6, 6.07) is 48.6. The van der Waals surface area contributed by atoms with E-state index >= 15 is 0 Å². The summed E-state index contributed by atoms with van der Waals surface area (Å²) < 4.78 is 0. The highest BCUT2D eigenvalue weighted by Crippen LogP contribution is 2.36. The quantitative estimate of drug-likeness (QED) is 0.170. The first-order valence-corrected chi connectivity index (χ1v) is 13.5. The molecule has 0 N–H and O–H groups in total. The summed E-state index contributed by atoms with van der Waals surface area (Å²) in [5, 5.41) is 0. The number of nitrogens with zero attached hydrogens (tertiary/aromatic N) is 2. The van der Waals surface area contributed by atoms with Gasteiger partial charge in [0.1, 0.15) is 0 Å². The summed E-state index contributed by atoms with van der Waals surface area (Å²) in [4.78, 5) is 4.47. The SMILES string of the molecule is C=C/C(=C\C(=C)c1ccc(N(C)c2ccc(N(c3ccccc3)c3ccccc3)cc2)cc1)Cc1ccccc1. The van der Waals surface area contributed by atoms with Crippen LogP contribution in [0, 0.1) is 0 Å². The van der Waals surface area contributed by atoms with E-state index in [4.69, 9.17) is 0 Å². The van der Waals surface area contributed by atoms with E-state index in [2.05, 4.69) is 157 Å². The van der Waals surface area contributed by atoms with E-state index in [0.29, 0.717) is 0 Å². The lowest BCUT2D eigenvalue weighted by Crippen LogP contribution is -2.11. The lowest BCUT2D eigenvalue weighted by molar-refractivity contribution is 1.20.